The molecule has 4 atom stereocenters. The van der Waals surface area contributed by atoms with E-state index in [1.165, 1.54) is 19.3 Å². The van der Waals surface area contributed by atoms with Gasteiger partial charge in [0, 0.05) is 31.2 Å². The second-order valence-electron chi connectivity index (χ2n) is 6.53. The topological polar surface area (TPSA) is 41.5 Å². The molecule has 1 aliphatic heterocycles. The zero-order valence-electron chi connectivity index (χ0n) is 12.0. The normalized spacial score (nSPS) is 41.2. The molecule has 2 fully saturated rings. The van der Waals surface area contributed by atoms with Crippen LogP contribution in [0.15, 0.2) is 0 Å². The molecular weight excluding hydrogens is 226 g/mol. The van der Waals surface area contributed by atoms with E-state index in [4.69, 9.17) is 4.74 Å². The summed E-state index contributed by atoms with van der Waals surface area (Å²) in [6, 6.07) is 0.657. The standard InChI is InChI=1S/C15H29NO2/c1-12-4-3-5-14(13(12)2)16-10-15(6-8-17)7-9-18-11-15/h12-14,16-17H,3-11H2,1-2H3/t12-,13-,14+,15+/m1/s1. The highest BCUT2D eigenvalue weighted by Crippen LogP contribution is 2.34. The smallest absolute Gasteiger partial charge is 0.0536 e. The molecule has 0 radical (unpaired) electrons. The Morgan fingerprint density at radius 2 is 2.17 bits per heavy atom. The Hall–Kier alpha value is -0.120. The molecule has 2 N–H and O–H groups in total. The van der Waals surface area contributed by atoms with Gasteiger partial charge >= 0.3 is 0 Å². The number of nitrogens with one attached hydrogen (secondary N) is 1. The second-order valence-corrected chi connectivity index (χ2v) is 6.53. The lowest BCUT2D eigenvalue weighted by Crippen LogP contribution is -2.46. The van der Waals surface area contributed by atoms with Gasteiger partial charge in [-0.25, -0.2) is 0 Å². The lowest BCUT2D eigenvalue weighted by molar-refractivity contribution is 0.112. The van der Waals surface area contributed by atoms with E-state index in [1.54, 1.807) is 0 Å². The van der Waals surface area contributed by atoms with E-state index in [9.17, 15) is 5.11 Å². The van der Waals surface area contributed by atoms with Crippen molar-refractivity contribution < 1.29 is 9.84 Å². The summed E-state index contributed by atoms with van der Waals surface area (Å²) in [6.45, 7) is 7.72. The van der Waals surface area contributed by atoms with Crippen LogP contribution in [0.3, 0.4) is 0 Å². The molecule has 0 aromatic carbocycles. The molecule has 2 rings (SSSR count). The third-order valence-corrected chi connectivity index (χ3v) is 5.27. The lowest BCUT2D eigenvalue weighted by Gasteiger charge is -2.37. The van der Waals surface area contributed by atoms with Crippen molar-refractivity contribution in [1.82, 2.24) is 5.32 Å². The van der Waals surface area contributed by atoms with Gasteiger partial charge in [0.25, 0.3) is 0 Å². The quantitative estimate of drug-likeness (QED) is 0.791. The Morgan fingerprint density at radius 3 is 2.83 bits per heavy atom. The largest absolute Gasteiger partial charge is 0.396 e. The third-order valence-electron chi connectivity index (χ3n) is 5.27. The first kappa shape index (κ1) is 14.3. The summed E-state index contributed by atoms with van der Waals surface area (Å²) in [7, 11) is 0. The first-order valence-electron chi connectivity index (χ1n) is 7.59. The molecule has 0 amide bonds. The van der Waals surface area contributed by atoms with Crippen molar-refractivity contribution in [2.45, 2.75) is 52.0 Å². The van der Waals surface area contributed by atoms with E-state index in [1.807, 2.05) is 0 Å². The maximum atomic E-state index is 9.24. The van der Waals surface area contributed by atoms with Crippen molar-refractivity contribution in [2.75, 3.05) is 26.4 Å². The lowest BCUT2D eigenvalue weighted by atomic mass is 9.77. The van der Waals surface area contributed by atoms with E-state index in [2.05, 4.69) is 19.2 Å². The van der Waals surface area contributed by atoms with Gasteiger partial charge in [0.05, 0.1) is 6.61 Å². The highest BCUT2D eigenvalue weighted by atomic mass is 16.5. The first-order valence-corrected chi connectivity index (χ1v) is 7.59. The number of hydrogen-bond acceptors (Lipinski definition) is 3. The maximum Gasteiger partial charge on any atom is 0.0536 e. The van der Waals surface area contributed by atoms with Crippen molar-refractivity contribution in [3.8, 4) is 0 Å². The predicted octanol–water partition coefficient (Wildman–Crippen LogP) is 2.19. The Kier molecular flexibility index (Phi) is 5.05. The van der Waals surface area contributed by atoms with E-state index in [0.29, 0.717) is 6.04 Å². The zero-order valence-corrected chi connectivity index (χ0v) is 12.0. The maximum absolute atomic E-state index is 9.24. The molecule has 18 heavy (non-hydrogen) atoms. The van der Waals surface area contributed by atoms with Gasteiger partial charge in [0.2, 0.25) is 0 Å². The predicted molar refractivity (Wildman–Crippen MR) is 73.5 cm³/mol. The summed E-state index contributed by atoms with van der Waals surface area (Å²) >= 11 is 0. The third kappa shape index (κ3) is 3.25. The Balaban J connectivity index is 1.85. The van der Waals surface area contributed by atoms with Gasteiger partial charge in [-0.15, -0.1) is 0 Å². The molecule has 3 heteroatoms. The summed E-state index contributed by atoms with van der Waals surface area (Å²) in [4.78, 5) is 0. The number of aliphatic hydroxyl groups is 1. The van der Waals surface area contributed by atoms with E-state index < -0.39 is 0 Å². The molecule has 1 heterocycles. The molecule has 1 saturated carbocycles. The molecule has 0 unspecified atom stereocenters. The van der Waals surface area contributed by atoms with Crippen LogP contribution in [0, 0.1) is 17.3 Å². The van der Waals surface area contributed by atoms with Crippen LogP contribution >= 0.6 is 0 Å². The molecule has 1 saturated heterocycles. The molecule has 3 nitrogen and oxygen atoms in total. The van der Waals surface area contributed by atoms with Crippen LogP contribution in [-0.2, 0) is 4.74 Å². The monoisotopic (exact) mass is 255 g/mol. The minimum Gasteiger partial charge on any atom is -0.396 e. The van der Waals surface area contributed by atoms with Crippen LogP contribution in [0.1, 0.15) is 46.0 Å². The minimum atomic E-state index is 0.190. The van der Waals surface area contributed by atoms with Crippen molar-refractivity contribution in [3.63, 3.8) is 0 Å². The molecular formula is C15H29NO2. The Morgan fingerprint density at radius 1 is 1.33 bits per heavy atom. The summed E-state index contributed by atoms with van der Waals surface area (Å²) in [5, 5.41) is 13.0. The fraction of sp³-hybridized carbons (Fsp3) is 1.00. The van der Waals surface area contributed by atoms with Crippen molar-refractivity contribution in [3.05, 3.63) is 0 Å². The fourth-order valence-corrected chi connectivity index (χ4v) is 3.53. The zero-order chi connectivity index (χ0) is 13.0. The van der Waals surface area contributed by atoms with Crippen molar-refractivity contribution in [1.29, 1.82) is 0 Å². The van der Waals surface area contributed by atoms with Crippen LogP contribution in [0.4, 0.5) is 0 Å². The number of aliphatic hydroxyl groups excluding tert-OH is 1. The molecule has 0 aromatic heterocycles. The van der Waals surface area contributed by atoms with Gasteiger partial charge < -0.3 is 15.2 Å². The van der Waals surface area contributed by atoms with Crippen LogP contribution in [0.2, 0.25) is 0 Å². The first-order chi connectivity index (χ1) is 8.67. The molecule has 106 valence electrons. The molecule has 0 aromatic rings. The van der Waals surface area contributed by atoms with Gasteiger partial charge in [-0.2, -0.15) is 0 Å². The van der Waals surface area contributed by atoms with Crippen LogP contribution in [-0.4, -0.2) is 37.5 Å². The Labute approximate surface area is 111 Å². The summed E-state index contributed by atoms with van der Waals surface area (Å²) in [6.07, 6.45) is 6.01. The molecule has 1 aliphatic carbocycles. The van der Waals surface area contributed by atoms with E-state index >= 15 is 0 Å². The van der Waals surface area contributed by atoms with Gasteiger partial charge in [-0.1, -0.05) is 26.7 Å². The van der Waals surface area contributed by atoms with E-state index in [0.717, 1.165) is 44.4 Å². The SMILES string of the molecule is C[C@@H]1[C@H](C)CCC[C@@H]1NC[C@]1(CCO)CCOC1. The Bertz CT molecular complexity index is 251. The van der Waals surface area contributed by atoms with E-state index in [-0.39, 0.29) is 12.0 Å². The van der Waals surface area contributed by atoms with Gasteiger partial charge in [0.15, 0.2) is 0 Å². The number of rotatable bonds is 5. The second kappa shape index (κ2) is 6.36. The van der Waals surface area contributed by atoms with Crippen molar-refractivity contribution in [2.24, 2.45) is 17.3 Å². The average Bonchev–Trinajstić information content (AvgIpc) is 2.81. The van der Waals surface area contributed by atoms with Crippen LogP contribution in [0.25, 0.3) is 0 Å². The van der Waals surface area contributed by atoms with Gasteiger partial charge in [-0.05, 0) is 31.1 Å². The van der Waals surface area contributed by atoms with Crippen LogP contribution in [0.5, 0.6) is 0 Å². The van der Waals surface area contributed by atoms with Gasteiger partial charge in [-0.3, -0.25) is 0 Å². The molecule has 0 bridgehead atoms. The van der Waals surface area contributed by atoms with Crippen LogP contribution < -0.4 is 5.32 Å². The minimum absolute atomic E-state index is 0.190. The summed E-state index contributed by atoms with van der Waals surface area (Å²) in [5.74, 6) is 1.61. The van der Waals surface area contributed by atoms with Gasteiger partial charge in [0.1, 0.15) is 0 Å². The molecule has 0 spiro atoms. The molecule has 2 aliphatic rings. The highest BCUT2D eigenvalue weighted by Gasteiger charge is 2.36. The van der Waals surface area contributed by atoms with Crippen molar-refractivity contribution >= 4 is 0 Å². The number of ether oxygens (including phenoxy) is 1. The number of hydrogen-bond donors (Lipinski definition) is 2. The summed E-state index contributed by atoms with van der Waals surface area (Å²) < 4.78 is 5.55. The average molecular weight is 255 g/mol. The highest BCUT2D eigenvalue weighted by molar-refractivity contribution is 4.89. The summed E-state index contributed by atoms with van der Waals surface area (Å²) in [5.41, 5.74) is 0.190. The fourth-order valence-electron chi connectivity index (χ4n) is 3.53.